The normalized spacial score (nSPS) is 10.7. The second-order valence-electron chi connectivity index (χ2n) is 4.68. The lowest BCUT2D eigenvalue weighted by Crippen LogP contribution is -2.09. The second-order valence-corrected chi connectivity index (χ2v) is 6.16. The van der Waals surface area contributed by atoms with Crippen LogP contribution in [0, 0.1) is 6.92 Å². The molecule has 0 bridgehead atoms. The topological polar surface area (TPSA) is 37.8 Å². The standard InChI is InChI=1S/C16H20ClN3S/c1-4-14-11(3)19-15(20-16(14)18-5-2)10-21-13-8-6-12(17)7-9-13/h6-9H,4-5,10H2,1-3H3,(H,18,19,20). The molecule has 0 spiro atoms. The lowest BCUT2D eigenvalue weighted by Gasteiger charge is -2.12. The van der Waals surface area contributed by atoms with Crippen LogP contribution in [-0.2, 0) is 12.2 Å². The van der Waals surface area contributed by atoms with Crippen LogP contribution in [0.2, 0.25) is 5.02 Å². The van der Waals surface area contributed by atoms with Crippen LogP contribution in [0.3, 0.4) is 0 Å². The summed E-state index contributed by atoms with van der Waals surface area (Å²) in [7, 11) is 0. The van der Waals surface area contributed by atoms with Crippen molar-refractivity contribution >= 4 is 29.2 Å². The molecule has 0 aliphatic rings. The van der Waals surface area contributed by atoms with Gasteiger partial charge >= 0.3 is 0 Å². The minimum Gasteiger partial charge on any atom is -0.370 e. The summed E-state index contributed by atoms with van der Waals surface area (Å²) in [6.45, 7) is 7.14. The molecule has 2 rings (SSSR count). The number of aromatic nitrogens is 2. The van der Waals surface area contributed by atoms with Gasteiger partial charge in [0.05, 0.1) is 5.75 Å². The van der Waals surface area contributed by atoms with E-state index in [0.717, 1.165) is 41.1 Å². The van der Waals surface area contributed by atoms with Crippen molar-refractivity contribution in [1.82, 2.24) is 9.97 Å². The molecule has 0 aliphatic carbocycles. The minimum atomic E-state index is 0.755. The van der Waals surface area contributed by atoms with E-state index in [0.29, 0.717) is 0 Å². The number of thioether (sulfide) groups is 1. The number of benzene rings is 1. The van der Waals surface area contributed by atoms with Crippen LogP contribution < -0.4 is 5.32 Å². The molecule has 0 atom stereocenters. The molecule has 1 N–H and O–H groups in total. The third kappa shape index (κ3) is 4.35. The molecule has 2 aromatic rings. The lowest BCUT2D eigenvalue weighted by atomic mass is 10.1. The maximum atomic E-state index is 5.90. The molecule has 0 amide bonds. The molecule has 0 saturated heterocycles. The third-order valence-electron chi connectivity index (χ3n) is 3.14. The summed E-state index contributed by atoms with van der Waals surface area (Å²) in [5.41, 5.74) is 2.27. The SMILES string of the molecule is CCNc1nc(CSc2ccc(Cl)cc2)nc(C)c1CC. The van der Waals surface area contributed by atoms with Crippen molar-refractivity contribution in [3.05, 3.63) is 46.4 Å². The number of nitrogens with zero attached hydrogens (tertiary/aromatic N) is 2. The molecule has 0 radical (unpaired) electrons. The Morgan fingerprint density at radius 1 is 1.14 bits per heavy atom. The molecule has 112 valence electrons. The molecule has 21 heavy (non-hydrogen) atoms. The van der Waals surface area contributed by atoms with Gasteiger partial charge < -0.3 is 5.32 Å². The van der Waals surface area contributed by atoms with Gasteiger partial charge in [-0.2, -0.15) is 0 Å². The molecule has 0 saturated carbocycles. The van der Waals surface area contributed by atoms with Crippen LogP contribution in [0.25, 0.3) is 0 Å². The quantitative estimate of drug-likeness (QED) is 0.781. The number of hydrogen-bond acceptors (Lipinski definition) is 4. The second kappa shape index (κ2) is 7.66. The van der Waals surface area contributed by atoms with Crippen LogP contribution in [0.1, 0.15) is 30.9 Å². The van der Waals surface area contributed by atoms with E-state index in [-0.39, 0.29) is 0 Å². The van der Waals surface area contributed by atoms with Gasteiger partial charge in [0.2, 0.25) is 0 Å². The van der Waals surface area contributed by atoms with E-state index in [1.165, 1.54) is 10.5 Å². The van der Waals surface area contributed by atoms with Crippen LogP contribution in [0.4, 0.5) is 5.82 Å². The molecule has 1 aromatic carbocycles. The van der Waals surface area contributed by atoms with Gasteiger partial charge in [0.1, 0.15) is 11.6 Å². The molecule has 3 nitrogen and oxygen atoms in total. The average Bonchev–Trinajstić information content (AvgIpc) is 2.47. The van der Waals surface area contributed by atoms with Crippen molar-refractivity contribution in [2.75, 3.05) is 11.9 Å². The van der Waals surface area contributed by atoms with E-state index in [1.807, 2.05) is 24.3 Å². The van der Waals surface area contributed by atoms with Gasteiger partial charge in [-0.3, -0.25) is 0 Å². The van der Waals surface area contributed by atoms with Gasteiger partial charge in [-0.05, 0) is 44.5 Å². The number of rotatable bonds is 6. The first-order valence-electron chi connectivity index (χ1n) is 7.12. The third-order valence-corrected chi connectivity index (χ3v) is 4.40. The zero-order valence-corrected chi connectivity index (χ0v) is 14.2. The van der Waals surface area contributed by atoms with E-state index in [1.54, 1.807) is 11.8 Å². The summed E-state index contributed by atoms with van der Waals surface area (Å²) in [6.07, 6.45) is 0.943. The first-order chi connectivity index (χ1) is 10.1. The summed E-state index contributed by atoms with van der Waals surface area (Å²) in [5.74, 6) is 2.59. The highest BCUT2D eigenvalue weighted by atomic mass is 35.5. The summed E-state index contributed by atoms with van der Waals surface area (Å²) in [5, 5.41) is 4.09. The van der Waals surface area contributed by atoms with Crippen LogP contribution >= 0.6 is 23.4 Å². The monoisotopic (exact) mass is 321 g/mol. The summed E-state index contributed by atoms with van der Waals surface area (Å²) >= 11 is 7.62. The van der Waals surface area contributed by atoms with Gasteiger partial charge in [-0.15, -0.1) is 11.8 Å². The number of hydrogen-bond donors (Lipinski definition) is 1. The number of aryl methyl sites for hydroxylation is 1. The highest BCUT2D eigenvalue weighted by Crippen LogP contribution is 2.25. The molecular weight excluding hydrogens is 302 g/mol. The van der Waals surface area contributed by atoms with E-state index in [4.69, 9.17) is 11.6 Å². The number of anilines is 1. The summed E-state index contributed by atoms with van der Waals surface area (Å²) < 4.78 is 0. The van der Waals surface area contributed by atoms with Crippen molar-refractivity contribution in [2.24, 2.45) is 0 Å². The predicted octanol–water partition coefficient (Wildman–Crippen LogP) is 4.72. The van der Waals surface area contributed by atoms with Gasteiger partial charge in [-0.1, -0.05) is 18.5 Å². The van der Waals surface area contributed by atoms with E-state index in [2.05, 4.69) is 36.1 Å². The van der Waals surface area contributed by atoms with Crippen LogP contribution in [-0.4, -0.2) is 16.5 Å². The Labute approximate surface area is 135 Å². The molecule has 1 aromatic heterocycles. The Morgan fingerprint density at radius 3 is 2.48 bits per heavy atom. The molecule has 5 heteroatoms. The van der Waals surface area contributed by atoms with Crippen LogP contribution in [0.5, 0.6) is 0 Å². The average molecular weight is 322 g/mol. The molecule has 0 unspecified atom stereocenters. The highest BCUT2D eigenvalue weighted by Gasteiger charge is 2.10. The number of nitrogens with one attached hydrogen (secondary N) is 1. The smallest absolute Gasteiger partial charge is 0.141 e. The minimum absolute atomic E-state index is 0.755. The lowest BCUT2D eigenvalue weighted by molar-refractivity contribution is 0.932. The predicted molar refractivity (Wildman–Crippen MR) is 91.3 cm³/mol. The van der Waals surface area contributed by atoms with Crippen molar-refractivity contribution in [3.8, 4) is 0 Å². The Balaban J connectivity index is 2.14. The highest BCUT2D eigenvalue weighted by molar-refractivity contribution is 7.98. The fourth-order valence-corrected chi connectivity index (χ4v) is 3.01. The van der Waals surface area contributed by atoms with E-state index < -0.39 is 0 Å². The van der Waals surface area contributed by atoms with Crippen LogP contribution in [0.15, 0.2) is 29.2 Å². The number of halogens is 1. The first kappa shape index (κ1) is 16.1. The maximum Gasteiger partial charge on any atom is 0.141 e. The Morgan fingerprint density at radius 2 is 1.86 bits per heavy atom. The largest absolute Gasteiger partial charge is 0.370 e. The van der Waals surface area contributed by atoms with E-state index in [9.17, 15) is 0 Å². The van der Waals surface area contributed by atoms with Gasteiger partial charge in [0, 0.05) is 27.7 Å². The molecule has 0 aliphatic heterocycles. The first-order valence-corrected chi connectivity index (χ1v) is 8.49. The van der Waals surface area contributed by atoms with E-state index >= 15 is 0 Å². The fourth-order valence-electron chi connectivity index (χ4n) is 2.13. The van der Waals surface area contributed by atoms with Gasteiger partial charge in [0.25, 0.3) is 0 Å². The Kier molecular flexibility index (Phi) is 5.88. The van der Waals surface area contributed by atoms with Crippen molar-refractivity contribution in [2.45, 2.75) is 37.8 Å². The van der Waals surface area contributed by atoms with Gasteiger partial charge in [0.15, 0.2) is 0 Å². The summed E-state index contributed by atoms with van der Waals surface area (Å²) in [4.78, 5) is 10.5. The van der Waals surface area contributed by atoms with Gasteiger partial charge in [-0.25, -0.2) is 9.97 Å². The molecule has 1 heterocycles. The Bertz CT molecular complexity index is 599. The van der Waals surface area contributed by atoms with Crippen molar-refractivity contribution in [3.63, 3.8) is 0 Å². The zero-order chi connectivity index (χ0) is 15.2. The van der Waals surface area contributed by atoms with Crippen molar-refractivity contribution < 1.29 is 0 Å². The molecule has 0 fully saturated rings. The van der Waals surface area contributed by atoms with Crippen molar-refractivity contribution in [1.29, 1.82) is 0 Å². The fraction of sp³-hybridized carbons (Fsp3) is 0.375. The maximum absolute atomic E-state index is 5.90. The summed E-state index contributed by atoms with van der Waals surface area (Å²) in [6, 6.07) is 7.84. The Hall–Kier alpha value is -1.26. The molecular formula is C16H20ClN3S. The zero-order valence-electron chi connectivity index (χ0n) is 12.6.